The van der Waals surface area contributed by atoms with Crippen LogP contribution < -0.4 is 5.73 Å². The van der Waals surface area contributed by atoms with Crippen LogP contribution in [0.5, 0.6) is 0 Å². The van der Waals surface area contributed by atoms with Crippen molar-refractivity contribution in [2.45, 2.75) is 6.92 Å². The summed E-state index contributed by atoms with van der Waals surface area (Å²) < 4.78 is 9.71. The van der Waals surface area contributed by atoms with Gasteiger partial charge in [0.25, 0.3) is 0 Å². The van der Waals surface area contributed by atoms with E-state index in [2.05, 4.69) is 9.89 Å². The number of carbonyl (C=O) groups is 1. The molecule has 0 bridgehead atoms. The molecule has 0 atom stereocenters. The first-order chi connectivity index (χ1) is 8.13. The number of aryl methyl sites for hydroxylation is 1. The first kappa shape index (κ1) is 11.2. The fourth-order valence-corrected chi connectivity index (χ4v) is 1.61. The molecule has 0 saturated heterocycles. The molecule has 17 heavy (non-hydrogen) atoms. The first-order valence-electron chi connectivity index (χ1n) is 5.03. The number of carbonyl (C=O) groups excluding carboxylic acids is 1. The number of esters is 1. The highest BCUT2D eigenvalue weighted by molar-refractivity contribution is 5.91. The van der Waals surface area contributed by atoms with E-state index in [9.17, 15) is 4.79 Å². The summed E-state index contributed by atoms with van der Waals surface area (Å²) in [6.45, 7) is 1.82. The summed E-state index contributed by atoms with van der Waals surface area (Å²) in [6.07, 6.45) is 1.44. The molecule has 0 fully saturated rings. The van der Waals surface area contributed by atoms with Gasteiger partial charge in [-0.25, -0.2) is 4.79 Å². The van der Waals surface area contributed by atoms with Crippen molar-refractivity contribution >= 4 is 11.7 Å². The highest BCUT2D eigenvalue weighted by Crippen LogP contribution is 2.27. The molecule has 0 spiro atoms. The monoisotopic (exact) mass is 232 g/mol. The Bertz CT molecular complexity index is 561. The molecule has 88 valence electrons. The summed E-state index contributed by atoms with van der Waals surface area (Å²) in [6, 6.07) is 5.23. The van der Waals surface area contributed by atoms with E-state index >= 15 is 0 Å². The van der Waals surface area contributed by atoms with Crippen molar-refractivity contribution in [1.29, 1.82) is 0 Å². The molecule has 1 aromatic carbocycles. The Morgan fingerprint density at radius 1 is 1.47 bits per heavy atom. The molecule has 0 aliphatic rings. The van der Waals surface area contributed by atoms with Crippen LogP contribution in [0.3, 0.4) is 0 Å². The number of nitrogens with two attached hydrogens (primary N) is 1. The summed E-state index contributed by atoms with van der Waals surface area (Å²) in [5.74, 6) is 0.143. The summed E-state index contributed by atoms with van der Waals surface area (Å²) in [5.41, 5.74) is 8.27. The molecule has 0 aliphatic heterocycles. The minimum Gasteiger partial charge on any atom is -0.465 e. The van der Waals surface area contributed by atoms with Gasteiger partial charge in [-0.05, 0) is 24.6 Å². The molecule has 0 saturated carbocycles. The average molecular weight is 232 g/mol. The maximum atomic E-state index is 11.4. The summed E-state index contributed by atoms with van der Waals surface area (Å²) in [7, 11) is 1.35. The van der Waals surface area contributed by atoms with Gasteiger partial charge in [0.15, 0.2) is 5.76 Å². The van der Waals surface area contributed by atoms with Gasteiger partial charge < -0.3 is 15.0 Å². The number of anilines is 1. The molecule has 0 radical (unpaired) electrons. The predicted molar refractivity (Wildman–Crippen MR) is 62.4 cm³/mol. The normalized spacial score (nSPS) is 10.2. The van der Waals surface area contributed by atoms with E-state index in [0.717, 1.165) is 11.1 Å². The van der Waals surface area contributed by atoms with E-state index in [1.165, 1.54) is 13.3 Å². The van der Waals surface area contributed by atoms with Gasteiger partial charge in [-0.1, -0.05) is 11.2 Å². The minimum absolute atomic E-state index is 0.361. The number of nitrogens with zero attached hydrogens (tertiary/aromatic N) is 1. The lowest BCUT2D eigenvalue weighted by molar-refractivity contribution is 0.0600. The maximum absolute atomic E-state index is 11.4. The number of hydrogen-bond donors (Lipinski definition) is 1. The molecule has 1 heterocycles. The largest absolute Gasteiger partial charge is 0.465 e. The Morgan fingerprint density at radius 3 is 2.76 bits per heavy atom. The van der Waals surface area contributed by atoms with Gasteiger partial charge >= 0.3 is 5.97 Å². The number of nitrogen functional groups attached to an aromatic ring is 1. The van der Waals surface area contributed by atoms with Gasteiger partial charge in [0.1, 0.15) is 5.69 Å². The Kier molecular flexibility index (Phi) is 2.82. The molecule has 0 amide bonds. The lowest BCUT2D eigenvalue weighted by Crippen LogP contribution is -2.03. The third-order valence-corrected chi connectivity index (χ3v) is 2.49. The molecule has 0 unspecified atom stereocenters. The van der Waals surface area contributed by atoms with Gasteiger partial charge in [-0.2, -0.15) is 0 Å². The number of methoxy groups -OCH3 is 1. The van der Waals surface area contributed by atoms with E-state index in [4.69, 9.17) is 10.3 Å². The Hall–Kier alpha value is -2.30. The van der Waals surface area contributed by atoms with E-state index < -0.39 is 0 Å². The summed E-state index contributed by atoms with van der Waals surface area (Å²) in [5, 5.41) is 3.61. The molecule has 2 rings (SSSR count). The van der Waals surface area contributed by atoms with Crippen LogP contribution in [0.2, 0.25) is 0 Å². The van der Waals surface area contributed by atoms with Crippen molar-refractivity contribution in [3.63, 3.8) is 0 Å². The Morgan fingerprint density at radius 2 is 2.24 bits per heavy atom. The van der Waals surface area contributed by atoms with Crippen LogP contribution in [0.1, 0.15) is 15.9 Å². The molecular formula is C12H12N2O3. The van der Waals surface area contributed by atoms with Crippen molar-refractivity contribution in [1.82, 2.24) is 5.16 Å². The molecule has 5 nitrogen and oxygen atoms in total. The second kappa shape index (κ2) is 4.29. The van der Waals surface area contributed by atoms with Gasteiger partial charge in [0, 0.05) is 5.56 Å². The zero-order valence-electron chi connectivity index (χ0n) is 9.56. The van der Waals surface area contributed by atoms with Crippen LogP contribution in [0, 0.1) is 6.92 Å². The second-order valence-electron chi connectivity index (χ2n) is 3.63. The van der Waals surface area contributed by atoms with Crippen LogP contribution in [0.15, 0.2) is 28.9 Å². The van der Waals surface area contributed by atoms with E-state index in [1.807, 2.05) is 13.0 Å². The topological polar surface area (TPSA) is 78.3 Å². The van der Waals surface area contributed by atoms with Crippen LogP contribution in [-0.2, 0) is 4.74 Å². The Labute approximate surface area is 98.2 Å². The lowest BCUT2D eigenvalue weighted by atomic mass is 10.0. The van der Waals surface area contributed by atoms with E-state index in [1.54, 1.807) is 12.1 Å². The molecule has 2 aromatic rings. The number of ether oxygens (including phenoxy) is 1. The van der Waals surface area contributed by atoms with Crippen LogP contribution in [-0.4, -0.2) is 18.2 Å². The lowest BCUT2D eigenvalue weighted by Gasteiger charge is -2.05. The maximum Gasteiger partial charge on any atom is 0.338 e. The minimum atomic E-state index is -0.361. The number of aromatic nitrogens is 1. The molecule has 0 aliphatic carbocycles. The fraction of sp³-hybridized carbons (Fsp3) is 0.167. The van der Waals surface area contributed by atoms with Gasteiger partial charge in [0.2, 0.25) is 0 Å². The van der Waals surface area contributed by atoms with Crippen molar-refractivity contribution < 1.29 is 14.1 Å². The van der Waals surface area contributed by atoms with Crippen LogP contribution in [0.4, 0.5) is 5.69 Å². The SMILES string of the molecule is COC(=O)c1ccc(-c2oncc2N)cc1C. The molecule has 2 N–H and O–H groups in total. The van der Waals surface area contributed by atoms with E-state index in [-0.39, 0.29) is 5.97 Å². The number of hydrogen-bond acceptors (Lipinski definition) is 5. The Balaban J connectivity index is 2.44. The average Bonchev–Trinajstić information content (AvgIpc) is 2.74. The quantitative estimate of drug-likeness (QED) is 0.801. The van der Waals surface area contributed by atoms with Gasteiger partial charge in [0.05, 0.1) is 18.9 Å². The van der Waals surface area contributed by atoms with E-state index in [0.29, 0.717) is 17.0 Å². The van der Waals surface area contributed by atoms with Crippen molar-refractivity contribution in [2.75, 3.05) is 12.8 Å². The predicted octanol–water partition coefficient (Wildman–Crippen LogP) is 2.02. The van der Waals surface area contributed by atoms with Crippen molar-refractivity contribution in [3.8, 4) is 11.3 Å². The van der Waals surface area contributed by atoms with Crippen LogP contribution in [0.25, 0.3) is 11.3 Å². The van der Waals surface area contributed by atoms with Gasteiger partial charge in [-0.15, -0.1) is 0 Å². The fourth-order valence-electron chi connectivity index (χ4n) is 1.61. The molecule has 1 aromatic heterocycles. The highest BCUT2D eigenvalue weighted by Gasteiger charge is 2.13. The summed E-state index contributed by atoms with van der Waals surface area (Å²) in [4.78, 5) is 11.4. The molecule has 5 heteroatoms. The highest BCUT2D eigenvalue weighted by atomic mass is 16.5. The zero-order valence-corrected chi connectivity index (χ0v) is 9.56. The van der Waals surface area contributed by atoms with Crippen molar-refractivity contribution in [3.05, 3.63) is 35.5 Å². The van der Waals surface area contributed by atoms with Gasteiger partial charge in [-0.3, -0.25) is 0 Å². The first-order valence-corrected chi connectivity index (χ1v) is 5.03. The molecular weight excluding hydrogens is 220 g/mol. The third-order valence-electron chi connectivity index (χ3n) is 2.49. The van der Waals surface area contributed by atoms with Crippen molar-refractivity contribution in [2.24, 2.45) is 0 Å². The zero-order chi connectivity index (χ0) is 12.4. The summed E-state index contributed by atoms with van der Waals surface area (Å²) >= 11 is 0. The third kappa shape index (κ3) is 1.99. The smallest absolute Gasteiger partial charge is 0.338 e. The number of rotatable bonds is 2. The number of benzene rings is 1. The standard InChI is InChI=1S/C12H12N2O3/c1-7-5-8(11-10(13)6-14-17-11)3-4-9(7)12(15)16-2/h3-6H,13H2,1-2H3. The van der Waals surface area contributed by atoms with Crippen LogP contribution >= 0.6 is 0 Å². The second-order valence-corrected chi connectivity index (χ2v) is 3.63.